The smallest absolute Gasteiger partial charge is 0.262 e. The maximum Gasteiger partial charge on any atom is 0.262 e. The molecule has 4 heterocycles. The van der Waals surface area contributed by atoms with E-state index in [0.717, 1.165) is 11.2 Å². The molecule has 0 saturated carbocycles. The van der Waals surface area contributed by atoms with Crippen LogP contribution in [-0.2, 0) is 20.2 Å². The summed E-state index contributed by atoms with van der Waals surface area (Å²) in [5.74, 6) is -1.09. The molecule has 1 fully saturated rings. The van der Waals surface area contributed by atoms with Gasteiger partial charge in [0.1, 0.15) is 5.69 Å². The summed E-state index contributed by atoms with van der Waals surface area (Å²) in [5.41, 5.74) is -1.23. The molecule has 1 aliphatic heterocycles. The summed E-state index contributed by atoms with van der Waals surface area (Å²) in [4.78, 5) is 25.6. The van der Waals surface area contributed by atoms with E-state index in [2.05, 4.69) is 20.1 Å². The Bertz CT molecular complexity index is 1280. The Hall–Kier alpha value is -3.18. The van der Waals surface area contributed by atoms with Gasteiger partial charge in [-0.2, -0.15) is 0 Å². The predicted molar refractivity (Wildman–Crippen MR) is 100 cm³/mol. The van der Waals surface area contributed by atoms with Crippen LogP contribution in [0, 0.1) is 0 Å². The summed E-state index contributed by atoms with van der Waals surface area (Å²) in [6, 6.07) is 7.65. The van der Waals surface area contributed by atoms with Gasteiger partial charge in [0.25, 0.3) is 5.91 Å². The quantitative estimate of drug-likeness (QED) is 0.606. The second kappa shape index (κ2) is 6.71. The van der Waals surface area contributed by atoms with E-state index >= 15 is 0 Å². The van der Waals surface area contributed by atoms with Crippen LogP contribution in [0.5, 0.6) is 0 Å². The van der Waals surface area contributed by atoms with Crippen molar-refractivity contribution in [1.82, 2.24) is 25.0 Å². The first-order chi connectivity index (χ1) is 14.5. The van der Waals surface area contributed by atoms with Crippen molar-refractivity contribution in [2.75, 3.05) is 19.8 Å². The van der Waals surface area contributed by atoms with E-state index in [4.69, 9.17) is 7.26 Å². The van der Waals surface area contributed by atoms with Crippen LogP contribution in [0.25, 0.3) is 22.8 Å². The molecule has 0 spiro atoms. The van der Waals surface area contributed by atoms with Gasteiger partial charge < -0.3 is 14.5 Å². The lowest BCUT2D eigenvalue weighted by Gasteiger charge is -2.16. The van der Waals surface area contributed by atoms with Gasteiger partial charge in [0.2, 0.25) is 20.6 Å². The minimum atomic E-state index is -3.60. The van der Waals surface area contributed by atoms with Crippen LogP contribution in [0.1, 0.15) is 14.9 Å². The van der Waals surface area contributed by atoms with Crippen LogP contribution in [0.2, 0.25) is 0 Å². The van der Waals surface area contributed by atoms with Crippen molar-refractivity contribution < 1.29 is 25.6 Å². The fraction of sp³-hybridized carbons (Fsp3) is 0.278. The number of pyridine rings is 1. The van der Waals surface area contributed by atoms with Gasteiger partial charge >= 0.3 is 0 Å². The average molecular weight is 417 g/mol. The Morgan fingerprint density at radius 1 is 1.21 bits per heavy atom. The number of nitrogens with zero attached hydrogens (tertiary/aromatic N) is 5. The predicted octanol–water partition coefficient (Wildman–Crippen LogP) is 0.647. The Morgan fingerprint density at radius 3 is 2.55 bits per heavy atom. The molecule has 3 aromatic rings. The van der Waals surface area contributed by atoms with Crippen LogP contribution >= 0.6 is 0 Å². The zero-order valence-electron chi connectivity index (χ0n) is 17.3. The van der Waals surface area contributed by atoms with Crippen molar-refractivity contribution in [2.24, 2.45) is 0 Å². The van der Waals surface area contributed by atoms with Gasteiger partial charge in [-0.3, -0.25) is 4.79 Å². The summed E-state index contributed by atoms with van der Waals surface area (Å²) in [6.07, 6.45) is 0.825. The normalized spacial score (nSPS) is 25.8. The van der Waals surface area contributed by atoms with E-state index in [9.17, 15) is 18.3 Å². The summed E-state index contributed by atoms with van der Waals surface area (Å²) >= 11 is 0. The Kier molecular flexibility index (Phi) is 3.87. The lowest BCUT2D eigenvalue weighted by molar-refractivity contribution is -0.144. The number of carbonyl (C=O) groups is 1. The largest absolute Gasteiger partial charge is 0.373 e. The number of hydrogen-bond acceptors (Lipinski definition) is 9. The first kappa shape index (κ1) is 16.7. The molecule has 29 heavy (non-hydrogen) atoms. The third-order valence-corrected chi connectivity index (χ3v) is 5.17. The highest BCUT2D eigenvalue weighted by atomic mass is 32.2. The number of carbonyl (C=O) groups excluding carboxylic acids is 1. The number of hydrogen-bond donors (Lipinski definition) is 1. The molecule has 150 valence electrons. The van der Waals surface area contributed by atoms with Crippen molar-refractivity contribution in [3.63, 3.8) is 0 Å². The molecule has 0 aromatic carbocycles. The van der Waals surface area contributed by atoms with Crippen LogP contribution in [0.4, 0.5) is 0 Å². The number of aromatic nitrogens is 4. The molecular formula is C18H17N5O5S. The number of amides is 1. The van der Waals surface area contributed by atoms with E-state index in [1.165, 1.54) is 25.4 Å². The fourth-order valence-corrected chi connectivity index (χ4v) is 3.29. The molecule has 0 radical (unpaired) electrons. The van der Waals surface area contributed by atoms with Crippen molar-refractivity contribution >= 4 is 15.7 Å². The Morgan fingerprint density at radius 2 is 1.90 bits per heavy atom. The molecule has 1 amide bonds. The molecule has 1 N–H and O–H groups in total. The molecule has 2 unspecified atom stereocenters. The fourth-order valence-electron chi connectivity index (χ4n) is 2.77. The Labute approximate surface area is 169 Å². The van der Waals surface area contributed by atoms with Gasteiger partial charge in [0.05, 0.1) is 17.1 Å². The minimum Gasteiger partial charge on any atom is -0.373 e. The van der Waals surface area contributed by atoms with Crippen molar-refractivity contribution in [3.05, 3.63) is 42.3 Å². The number of sulfone groups is 1. The van der Waals surface area contributed by atoms with E-state index in [-0.39, 0.29) is 22.3 Å². The first-order valence-electron chi connectivity index (χ1n) is 9.51. The van der Waals surface area contributed by atoms with E-state index in [1.54, 1.807) is 18.2 Å². The third kappa shape index (κ3) is 3.38. The number of rotatable bonds is 4. The molecule has 3 atom stereocenters. The topological polar surface area (TPSA) is 139 Å². The zero-order valence-corrected chi connectivity index (χ0v) is 16.2. The summed E-state index contributed by atoms with van der Waals surface area (Å²) in [5, 5.41) is 14.3. The van der Waals surface area contributed by atoms with Gasteiger partial charge in [-0.25, -0.2) is 23.4 Å². The van der Waals surface area contributed by atoms with Crippen LogP contribution in [0.15, 0.2) is 46.2 Å². The minimum absolute atomic E-state index is 0.179. The van der Waals surface area contributed by atoms with Crippen LogP contribution in [0.3, 0.4) is 0 Å². The van der Waals surface area contributed by atoms with Crippen molar-refractivity contribution in [3.8, 4) is 22.8 Å². The monoisotopic (exact) mass is 417 g/mol. The molecular weight excluding hydrogens is 398 g/mol. The maximum atomic E-state index is 12.4. The number of likely N-dealkylation sites (N-methyl/N-ethyl adjacent to an activating group) is 1. The molecule has 0 aliphatic carbocycles. The highest BCUT2D eigenvalue weighted by Gasteiger charge is 2.48. The summed E-state index contributed by atoms with van der Waals surface area (Å²) in [6.45, 7) is -1.26. The third-order valence-electron chi connectivity index (χ3n) is 4.31. The molecule has 1 aliphatic rings. The number of likely N-dealkylation sites (tertiary alicyclic amines) is 1. The SMILES string of the molecule is [2H]C1C([2H])[C@@](O)(c2cc(-c3cccc(-c4ccnc(S(C)(=O)=O)n4)n3)no2)C(=O)N1C. The molecule has 11 heteroatoms. The van der Waals surface area contributed by atoms with Crippen molar-refractivity contribution in [2.45, 2.75) is 17.2 Å². The van der Waals surface area contributed by atoms with E-state index in [1.807, 2.05) is 0 Å². The highest BCUT2D eigenvalue weighted by molar-refractivity contribution is 7.90. The van der Waals surface area contributed by atoms with Gasteiger partial charge in [-0.1, -0.05) is 11.2 Å². The zero-order chi connectivity index (χ0) is 22.6. The van der Waals surface area contributed by atoms with Crippen LogP contribution < -0.4 is 0 Å². The summed E-state index contributed by atoms with van der Waals surface area (Å²) < 4.78 is 44.5. The summed E-state index contributed by atoms with van der Waals surface area (Å²) in [7, 11) is -2.27. The van der Waals surface area contributed by atoms with Crippen molar-refractivity contribution in [1.29, 1.82) is 0 Å². The van der Waals surface area contributed by atoms with E-state index in [0.29, 0.717) is 11.4 Å². The molecule has 1 saturated heterocycles. The van der Waals surface area contributed by atoms with Gasteiger partial charge in [-0.05, 0) is 18.2 Å². The van der Waals surface area contributed by atoms with Gasteiger partial charge in [-0.15, -0.1) is 0 Å². The highest BCUT2D eigenvalue weighted by Crippen LogP contribution is 2.34. The maximum absolute atomic E-state index is 12.4. The van der Waals surface area contributed by atoms with Gasteiger partial charge in [0.15, 0.2) is 5.76 Å². The second-order valence-electron chi connectivity index (χ2n) is 6.48. The Balaban J connectivity index is 1.71. The molecule has 0 bridgehead atoms. The second-order valence-corrected chi connectivity index (χ2v) is 8.39. The van der Waals surface area contributed by atoms with Gasteiger partial charge in [0, 0.05) is 41.2 Å². The van der Waals surface area contributed by atoms with Crippen LogP contribution in [-0.4, -0.2) is 64.3 Å². The first-order valence-corrected chi connectivity index (χ1v) is 10.2. The standard InChI is InChI=1S/C18H17N5O5S/c1-23-9-7-18(25,16(23)24)15-10-14(22-28-15)12-5-3-4-11(20-12)13-6-8-19-17(21-13)29(2,26)27/h3-6,8,10,25H,7,9H2,1-2H3/t18-/m1/s1/i7D,9D/t7?,9?,18-. The van der Waals surface area contributed by atoms with E-state index < -0.39 is 34.3 Å². The molecule has 4 rings (SSSR count). The average Bonchev–Trinajstić information content (AvgIpc) is 3.31. The lowest BCUT2D eigenvalue weighted by Crippen LogP contribution is -2.35. The molecule has 3 aromatic heterocycles. The molecule has 10 nitrogen and oxygen atoms in total. The lowest BCUT2D eigenvalue weighted by atomic mass is 9.98. The number of aliphatic hydroxyl groups is 1.